The molecule has 0 radical (unpaired) electrons. The summed E-state index contributed by atoms with van der Waals surface area (Å²) in [6.45, 7) is 4.42. The van der Waals surface area contributed by atoms with Gasteiger partial charge in [0.2, 0.25) is 0 Å². The van der Waals surface area contributed by atoms with Gasteiger partial charge in [-0.2, -0.15) is 15.4 Å². The molecule has 0 fully saturated rings. The number of benzene rings is 1. The van der Waals surface area contributed by atoms with E-state index >= 15 is 0 Å². The second-order valence-corrected chi connectivity index (χ2v) is 3.69. The standard InChI is InChI=1S/C11H16.C2H3N3/c1-3-4-8-11-9-6-5-7-10(11)2;1-2-4-5-3-1/h5-7,9H,3-4,8H2,1-2H3;1-2H,(H,3,4,5). The summed E-state index contributed by atoms with van der Waals surface area (Å²) in [5.74, 6) is 0. The molecular formula is C13H19N3. The van der Waals surface area contributed by atoms with Crippen molar-refractivity contribution in [1.82, 2.24) is 15.4 Å². The fourth-order valence-electron chi connectivity index (χ4n) is 1.42. The lowest BCUT2D eigenvalue weighted by Crippen LogP contribution is -1.87. The molecule has 1 aromatic heterocycles. The third-order valence-corrected chi connectivity index (χ3v) is 2.39. The number of aryl methyl sites for hydroxylation is 2. The van der Waals surface area contributed by atoms with Crippen LogP contribution in [0.1, 0.15) is 30.9 Å². The molecule has 0 spiro atoms. The van der Waals surface area contributed by atoms with E-state index in [1.807, 2.05) is 0 Å². The van der Waals surface area contributed by atoms with Gasteiger partial charge in [-0.15, -0.1) is 0 Å². The Morgan fingerprint density at radius 3 is 2.31 bits per heavy atom. The molecule has 1 aromatic carbocycles. The van der Waals surface area contributed by atoms with Crippen LogP contribution in [0.15, 0.2) is 36.7 Å². The number of hydrogen-bond acceptors (Lipinski definition) is 2. The highest BCUT2D eigenvalue weighted by Gasteiger charge is 1.94. The Morgan fingerprint density at radius 2 is 1.81 bits per heavy atom. The molecule has 86 valence electrons. The van der Waals surface area contributed by atoms with E-state index in [4.69, 9.17) is 0 Å². The van der Waals surface area contributed by atoms with Gasteiger partial charge in [0.05, 0.1) is 12.4 Å². The average molecular weight is 217 g/mol. The minimum atomic E-state index is 1.24. The average Bonchev–Trinajstić information content (AvgIpc) is 2.87. The van der Waals surface area contributed by atoms with Crippen LogP contribution in [0.25, 0.3) is 0 Å². The smallest absolute Gasteiger partial charge is 0.0690 e. The maximum atomic E-state index is 3.49. The zero-order valence-corrected chi connectivity index (χ0v) is 9.98. The van der Waals surface area contributed by atoms with Crippen molar-refractivity contribution in [3.63, 3.8) is 0 Å². The normalized spacial score (nSPS) is 9.38. The molecule has 0 amide bonds. The summed E-state index contributed by atoms with van der Waals surface area (Å²) in [5, 5.41) is 9.33. The number of unbranched alkanes of at least 4 members (excludes halogenated alkanes) is 1. The van der Waals surface area contributed by atoms with E-state index in [9.17, 15) is 0 Å². The Balaban J connectivity index is 0.000000212. The molecule has 0 atom stereocenters. The molecule has 0 unspecified atom stereocenters. The predicted octanol–water partition coefficient (Wildman–Crippen LogP) is 3.14. The minimum Gasteiger partial charge on any atom is -0.198 e. The van der Waals surface area contributed by atoms with Crippen LogP contribution in [-0.4, -0.2) is 15.4 Å². The molecule has 2 rings (SSSR count). The van der Waals surface area contributed by atoms with E-state index in [1.54, 1.807) is 12.4 Å². The highest BCUT2D eigenvalue weighted by molar-refractivity contribution is 5.25. The van der Waals surface area contributed by atoms with Gasteiger partial charge in [0.1, 0.15) is 0 Å². The molecule has 0 saturated heterocycles. The van der Waals surface area contributed by atoms with Gasteiger partial charge in [-0.1, -0.05) is 37.6 Å². The first-order chi connectivity index (χ1) is 7.84. The molecule has 16 heavy (non-hydrogen) atoms. The minimum absolute atomic E-state index is 1.24. The molecule has 1 heterocycles. The summed E-state index contributed by atoms with van der Waals surface area (Å²) < 4.78 is 0. The van der Waals surface area contributed by atoms with Gasteiger partial charge in [0, 0.05) is 0 Å². The number of aromatic nitrogens is 3. The van der Waals surface area contributed by atoms with Gasteiger partial charge < -0.3 is 0 Å². The van der Waals surface area contributed by atoms with Crippen LogP contribution in [-0.2, 0) is 6.42 Å². The van der Waals surface area contributed by atoms with E-state index < -0.39 is 0 Å². The van der Waals surface area contributed by atoms with Crippen LogP contribution in [0.2, 0.25) is 0 Å². The monoisotopic (exact) mass is 217 g/mol. The summed E-state index contributed by atoms with van der Waals surface area (Å²) in [5.41, 5.74) is 2.94. The van der Waals surface area contributed by atoms with E-state index in [0.29, 0.717) is 0 Å². The second kappa shape index (κ2) is 7.63. The first kappa shape index (κ1) is 12.4. The molecule has 0 saturated carbocycles. The summed E-state index contributed by atoms with van der Waals surface area (Å²) in [6.07, 6.45) is 7.00. The van der Waals surface area contributed by atoms with Crippen LogP contribution < -0.4 is 0 Å². The Morgan fingerprint density at radius 1 is 1.12 bits per heavy atom. The van der Waals surface area contributed by atoms with Gasteiger partial charge >= 0.3 is 0 Å². The van der Waals surface area contributed by atoms with Crippen LogP contribution in [0, 0.1) is 6.92 Å². The molecule has 0 aliphatic carbocycles. The van der Waals surface area contributed by atoms with Crippen LogP contribution in [0.4, 0.5) is 0 Å². The summed E-state index contributed by atoms with van der Waals surface area (Å²) in [6, 6.07) is 8.64. The number of rotatable bonds is 3. The summed E-state index contributed by atoms with van der Waals surface area (Å²) >= 11 is 0. The second-order valence-electron chi connectivity index (χ2n) is 3.69. The summed E-state index contributed by atoms with van der Waals surface area (Å²) in [7, 11) is 0. The topological polar surface area (TPSA) is 41.6 Å². The van der Waals surface area contributed by atoms with Gasteiger partial charge in [-0.3, -0.25) is 0 Å². The first-order valence-electron chi connectivity index (χ1n) is 5.68. The van der Waals surface area contributed by atoms with Crippen molar-refractivity contribution in [3.8, 4) is 0 Å². The predicted molar refractivity (Wildman–Crippen MR) is 66.2 cm³/mol. The molecule has 0 aliphatic rings. The zero-order valence-electron chi connectivity index (χ0n) is 9.98. The van der Waals surface area contributed by atoms with Crippen molar-refractivity contribution in [2.75, 3.05) is 0 Å². The Bertz CT molecular complexity index is 351. The fraction of sp³-hybridized carbons (Fsp3) is 0.385. The molecule has 3 nitrogen and oxygen atoms in total. The lowest BCUT2D eigenvalue weighted by molar-refractivity contribution is 0.791. The maximum absolute atomic E-state index is 3.49. The molecule has 0 aliphatic heterocycles. The Kier molecular flexibility index (Phi) is 5.92. The van der Waals surface area contributed by atoms with Crippen LogP contribution >= 0.6 is 0 Å². The van der Waals surface area contributed by atoms with Crippen molar-refractivity contribution >= 4 is 0 Å². The highest BCUT2D eigenvalue weighted by Crippen LogP contribution is 2.09. The number of hydrogen-bond donors (Lipinski definition) is 1. The molecule has 3 heteroatoms. The van der Waals surface area contributed by atoms with E-state index in [2.05, 4.69) is 53.5 Å². The van der Waals surface area contributed by atoms with Crippen molar-refractivity contribution in [1.29, 1.82) is 0 Å². The lowest BCUT2D eigenvalue weighted by atomic mass is 10.0. The van der Waals surface area contributed by atoms with Crippen molar-refractivity contribution in [3.05, 3.63) is 47.8 Å². The van der Waals surface area contributed by atoms with Gasteiger partial charge in [0.25, 0.3) is 0 Å². The number of H-pyrrole nitrogens is 1. The quantitative estimate of drug-likeness (QED) is 0.858. The van der Waals surface area contributed by atoms with Crippen LogP contribution in [0.3, 0.4) is 0 Å². The van der Waals surface area contributed by atoms with Crippen LogP contribution in [0.5, 0.6) is 0 Å². The van der Waals surface area contributed by atoms with E-state index in [-0.39, 0.29) is 0 Å². The Labute approximate surface area is 96.9 Å². The number of nitrogens with one attached hydrogen (secondary N) is 1. The molecule has 0 bridgehead atoms. The molecule has 2 aromatic rings. The third-order valence-electron chi connectivity index (χ3n) is 2.39. The lowest BCUT2D eigenvalue weighted by Gasteiger charge is -2.02. The number of nitrogens with zero attached hydrogens (tertiary/aromatic N) is 2. The van der Waals surface area contributed by atoms with E-state index in [0.717, 1.165) is 0 Å². The number of aromatic amines is 1. The van der Waals surface area contributed by atoms with Gasteiger partial charge in [-0.05, 0) is 30.9 Å². The van der Waals surface area contributed by atoms with Gasteiger partial charge in [0.15, 0.2) is 0 Å². The van der Waals surface area contributed by atoms with Gasteiger partial charge in [-0.25, -0.2) is 0 Å². The zero-order chi connectivity index (χ0) is 11.6. The highest BCUT2D eigenvalue weighted by atomic mass is 15.3. The molecule has 1 N–H and O–H groups in total. The van der Waals surface area contributed by atoms with E-state index in [1.165, 1.54) is 30.4 Å². The summed E-state index contributed by atoms with van der Waals surface area (Å²) in [4.78, 5) is 0. The first-order valence-corrected chi connectivity index (χ1v) is 5.68. The largest absolute Gasteiger partial charge is 0.198 e. The Hall–Kier alpha value is -1.64. The third kappa shape index (κ3) is 4.73. The van der Waals surface area contributed by atoms with Crippen molar-refractivity contribution < 1.29 is 0 Å². The maximum Gasteiger partial charge on any atom is 0.0690 e. The van der Waals surface area contributed by atoms with Crippen molar-refractivity contribution in [2.24, 2.45) is 0 Å². The molecular weight excluding hydrogens is 198 g/mol. The van der Waals surface area contributed by atoms with Crippen molar-refractivity contribution in [2.45, 2.75) is 33.1 Å². The SMILES string of the molecule is CCCCc1ccccc1C.c1cn[nH]n1. The fourth-order valence-corrected chi connectivity index (χ4v) is 1.42.